The van der Waals surface area contributed by atoms with Crippen molar-refractivity contribution in [2.24, 2.45) is 18.4 Å². The van der Waals surface area contributed by atoms with Crippen molar-refractivity contribution in [1.82, 2.24) is 20.4 Å². The first-order chi connectivity index (χ1) is 14.0. The molecule has 1 aliphatic carbocycles. The average molecular weight is 396 g/mol. The van der Waals surface area contributed by atoms with Crippen LogP contribution < -0.4 is 16.0 Å². The molecule has 154 valence electrons. The summed E-state index contributed by atoms with van der Waals surface area (Å²) in [4.78, 5) is 23.9. The number of hydrogen-bond donors (Lipinski definition) is 3. The first-order valence-electron chi connectivity index (χ1n) is 10.7. The molecule has 1 aromatic heterocycles. The van der Waals surface area contributed by atoms with Crippen LogP contribution in [-0.2, 0) is 16.6 Å². The Morgan fingerprint density at radius 1 is 1.24 bits per heavy atom. The van der Waals surface area contributed by atoms with Crippen LogP contribution in [0.5, 0.6) is 0 Å². The smallest absolute Gasteiger partial charge is 0.235 e. The number of fused-ring (bicyclic) bond motifs is 1. The van der Waals surface area contributed by atoms with E-state index in [1.807, 2.05) is 23.9 Å². The molecule has 29 heavy (non-hydrogen) atoms. The van der Waals surface area contributed by atoms with Gasteiger partial charge in [-0.05, 0) is 43.1 Å². The van der Waals surface area contributed by atoms with Crippen LogP contribution in [0.1, 0.15) is 50.6 Å². The van der Waals surface area contributed by atoms with Gasteiger partial charge in [-0.3, -0.25) is 19.6 Å². The monoisotopic (exact) mass is 395 g/mol. The molecular weight excluding hydrogens is 366 g/mol. The fraction of sp³-hybridized carbons (Fsp3) is 0.591. The average Bonchev–Trinajstić information content (AvgIpc) is 3.00. The lowest BCUT2D eigenvalue weighted by Gasteiger charge is -2.50. The van der Waals surface area contributed by atoms with Gasteiger partial charge in [0, 0.05) is 38.0 Å². The van der Waals surface area contributed by atoms with Crippen LogP contribution in [0.2, 0.25) is 0 Å². The normalized spacial score (nSPS) is 29.0. The molecule has 3 fully saturated rings. The van der Waals surface area contributed by atoms with Crippen LogP contribution in [-0.4, -0.2) is 40.7 Å². The summed E-state index contributed by atoms with van der Waals surface area (Å²) in [5.74, 6) is -0.186. The van der Waals surface area contributed by atoms with Crippen molar-refractivity contribution in [3.63, 3.8) is 0 Å². The Hall–Kier alpha value is -2.41. The van der Waals surface area contributed by atoms with Gasteiger partial charge in [-0.15, -0.1) is 0 Å². The molecule has 7 heteroatoms. The second-order valence-electron chi connectivity index (χ2n) is 9.29. The summed E-state index contributed by atoms with van der Waals surface area (Å²) >= 11 is 0. The van der Waals surface area contributed by atoms with E-state index in [2.05, 4.69) is 28.9 Å². The quantitative estimate of drug-likeness (QED) is 0.694. The van der Waals surface area contributed by atoms with Gasteiger partial charge in [0.1, 0.15) is 0 Å². The summed E-state index contributed by atoms with van der Waals surface area (Å²) in [5.41, 5.74) is 3.41. The van der Waals surface area contributed by atoms with Gasteiger partial charge in [-0.25, -0.2) is 0 Å². The van der Waals surface area contributed by atoms with Crippen molar-refractivity contribution in [2.75, 3.05) is 18.4 Å². The topological polar surface area (TPSA) is 88.1 Å². The molecule has 2 amide bonds. The fourth-order valence-electron chi connectivity index (χ4n) is 5.58. The number of aromatic nitrogens is 2. The highest BCUT2D eigenvalue weighted by molar-refractivity contribution is 6.03. The van der Waals surface area contributed by atoms with Crippen molar-refractivity contribution in [1.29, 1.82) is 0 Å². The molecular formula is C22H29N5O2. The van der Waals surface area contributed by atoms with Crippen molar-refractivity contribution >= 4 is 28.4 Å². The SMILES string of the molecule is C[C@H]1CC2(CC[C@H]1Nc1cccc3c(C4CCC(=O)NC4=O)nn(C)c13)CNC2. The second kappa shape index (κ2) is 6.83. The summed E-state index contributed by atoms with van der Waals surface area (Å²) < 4.78 is 1.88. The standard InChI is InChI=1S/C22H29N5O2/c1-13-10-22(11-23-12-22)9-8-16(13)24-17-5-3-4-14-19(26-27(2)20(14)17)15-6-7-18(28)25-21(15)29/h3-5,13,15-16,23-24H,6-12H2,1-2H3,(H,25,28,29)/t13-,15?,16+/m0/s1. The van der Waals surface area contributed by atoms with E-state index in [-0.39, 0.29) is 17.7 Å². The number of para-hydroxylation sites is 1. The van der Waals surface area contributed by atoms with E-state index in [9.17, 15) is 9.59 Å². The lowest BCUT2D eigenvalue weighted by molar-refractivity contribution is -0.134. The molecule has 1 spiro atoms. The molecule has 5 rings (SSSR count). The maximum Gasteiger partial charge on any atom is 0.235 e. The van der Waals surface area contributed by atoms with Crippen molar-refractivity contribution in [2.45, 2.75) is 51.0 Å². The van der Waals surface area contributed by atoms with E-state index < -0.39 is 0 Å². The Kier molecular flexibility index (Phi) is 4.38. The van der Waals surface area contributed by atoms with E-state index in [4.69, 9.17) is 5.10 Å². The number of carbonyl (C=O) groups excluding carboxylic acids is 2. The van der Waals surface area contributed by atoms with Crippen LogP contribution in [0.15, 0.2) is 18.2 Å². The maximum atomic E-state index is 12.4. The van der Waals surface area contributed by atoms with Gasteiger partial charge in [-0.1, -0.05) is 19.1 Å². The maximum absolute atomic E-state index is 12.4. The van der Waals surface area contributed by atoms with Gasteiger partial charge in [-0.2, -0.15) is 5.10 Å². The molecule has 1 saturated carbocycles. The van der Waals surface area contributed by atoms with Crippen molar-refractivity contribution in [3.05, 3.63) is 23.9 Å². The number of amides is 2. The number of rotatable bonds is 3. The lowest BCUT2D eigenvalue weighted by atomic mass is 9.65. The zero-order valence-corrected chi connectivity index (χ0v) is 17.1. The van der Waals surface area contributed by atoms with E-state index in [1.165, 1.54) is 19.3 Å². The highest BCUT2D eigenvalue weighted by atomic mass is 16.2. The number of piperidine rings is 1. The van der Waals surface area contributed by atoms with Gasteiger partial charge in [0.15, 0.2) is 0 Å². The van der Waals surface area contributed by atoms with E-state index in [1.54, 1.807) is 0 Å². The number of benzene rings is 1. The third kappa shape index (κ3) is 3.12. The summed E-state index contributed by atoms with van der Waals surface area (Å²) in [6.45, 7) is 4.68. The molecule has 2 saturated heterocycles. The minimum atomic E-state index is -0.369. The van der Waals surface area contributed by atoms with Gasteiger partial charge in [0.2, 0.25) is 11.8 Å². The summed E-state index contributed by atoms with van der Waals surface area (Å²) in [7, 11) is 1.93. The van der Waals surface area contributed by atoms with Gasteiger partial charge in [0.25, 0.3) is 0 Å². The Labute approximate surface area is 170 Å². The molecule has 3 N–H and O–H groups in total. The number of anilines is 1. The number of nitrogens with zero attached hydrogens (tertiary/aromatic N) is 2. The minimum Gasteiger partial charge on any atom is -0.380 e. The number of carbonyl (C=O) groups is 2. The van der Waals surface area contributed by atoms with E-state index in [0.717, 1.165) is 35.4 Å². The number of aryl methyl sites for hydroxylation is 1. The highest BCUT2D eigenvalue weighted by Gasteiger charge is 2.43. The van der Waals surface area contributed by atoms with E-state index >= 15 is 0 Å². The van der Waals surface area contributed by atoms with Crippen LogP contribution in [0, 0.1) is 11.3 Å². The van der Waals surface area contributed by atoms with Crippen molar-refractivity contribution in [3.8, 4) is 0 Å². The van der Waals surface area contributed by atoms with Gasteiger partial charge in [0.05, 0.1) is 22.8 Å². The predicted molar refractivity (Wildman–Crippen MR) is 112 cm³/mol. The van der Waals surface area contributed by atoms with Crippen LogP contribution in [0.25, 0.3) is 10.9 Å². The molecule has 0 bridgehead atoms. The Morgan fingerprint density at radius 2 is 2.07 bits per heavy atom. The third-order valence-corrected chi connectivity index (χ3v) is 7.23. The molecule has 2 aliphatic heterocycles. The molecule has 7 nitrogen and oxygen atoms in total. The highest BCUT2D eigenvalue weighted by Crippen LogP contribution is 2.43. The zero-order valence-electron chi connectivity index (χ0n) is 17.1. The van der Waals surface area contributed by atoms with Gasteiger partial charge < -0.3 is 10.6 Å². The molecule has 3 heterocycles. The Bertz CT molecular complexity index is 977. The summed E-state index contributed by atoms with van der Waals surface area (Å²) in [6.07, 6.45) is 4.59. The number of hydrogen-bond acceptors (Lipinski definition) is 5. The summed E-state index contributed by atoms with van der Waals surface area (Å²) in [6, 6.07) is 6.62. The number of nitrogens with one attached hydrogen (secondary N) is 3. The molecule has 0 radical (unpaired) electrons. The molecule has 2 aromatic rings. The van der Waals surface area contributed by atoms with Gasteiger partial charge >= 0.3 is 0 Å². The third-order valence-electron chi connectivity index (χ3n) is 7.23. The first-order valence-corrected chi connectivity index (χ1v) is 10.7. The largest absolute Gasteiger partial charge is 0.380 e. The zero-order chi connectivity index (χ0) is 20.2. The van der Waals surface area contributed by atoms with Crippen LogP contribution in [0.4, 0.5) is 5.69 Å². The Morgan fingerprint density at radius 3 is 2.76 bits per heavy atom. The first kappa shape index (κ1) is 18.6. The minimum absolute atomic E-state index is 0.195. The predicted octanol–water partition coefficient (Wildman–Crippen LogP) is 2.28. The Balaban J connectivity index is 1.43. The molecule has 1 unspecified atom stereocenters. The molecule has 3 aliphatic rings. The fourth-order valence-corrected chi connectivity index (χ4v) is 5.58. The summed E-state index contributed by atoms with van der Waals surface area (Å²) in [5, 5.41) is 15.4. The lowest BCUT2D eigenvalue weighted by Crippen LogP contribution is -2.57. The van der Waals surface area contributed by atoms with Crippen LogP contribution >= 0.6 is 0 Å². The van der Waals surface area contributed by atoms with Crippen molar-refractivity contribution < 1.29 is 9.59 Å². The molecule has 1 aromatic carbocycles. The number of imide groups is 1. The molecule has 3 atom stereocenters. The van der Waals surface area contributed by atoms with E-state index in [0.29, 0.717) is 30.2 Å². The second-order valence-corrected chi connectivity index (χ2v) is 9.29. The van der Waals surface area contributed by atoms with Crippen LogP contribution in [0.3, 0.4) is 0 Å².